The summed E-state index contributed by atoms with van der Waals surface area (Å²) in [4.78, 5) is 36.2. The van der Waals surface area contributed by atoms with Crippen molar-refractivity contribution in [3.8, 4) is 5.75 Å². The SMILES string of the molecule is COc1ccc(Cl)cc1NC(=O)COC(=O)[C@H](C)NC(=O)c1cccc(C)c1. The van der Waals surface area contributed by atoms with Crippen LogP contribution in [0.15, 0.2) is 42.5 Å². The summed E-state index contributed by atoms with van der Waals surface area (Å²) in [6.07, 6.45) is 0. The van der Waals surface area contributed by atoms with Crippen molar-refractivity contribution in [2.24, 2.45) is 0 Å². The number of hydrogen-bond donors (Lipinski definition) is 2. The van der Waals surface area contributed by atoms with Gasteiger partial charge in [-0.1, -0.05) is 29.3 Å². The normalized spacial score (nSPS) is 11.3. The first-order valence-electron chi connectivity index (χ1n) is 8.47. The molecule has 1 atom stereocenters. The van der Waals surface area contributed by atoms with Gasteiger partial charge < -0.3 is 20.1 Å². The highest BCUT2D eigenvalue weighted by atomic mass is 35.5. The van der Waals surface area contributed by atoms with E-state index in [1.165, 1.54) is 20.1 Å². The minimum atomic E-state index is -0.915. The maximum atomic E-state index is 12.2. The fourth-order valence-corrected chi connectivity index (χ4v) is 2.52. The zero-order valence-corrected chi connectivity index (χ0v) is 16.5. The van der Waals surface area contributed by atoms with E-state index in [0.717, 1.165) is 5.56 Å². The maximum Gasteiger partial charge on any atom is 0.328 e. The van der Waals surface area contributed by atoms with Gasteiger partial charge in [0, 0.05) is 10.6 Å². The molecule has 0 aliphatic heterocycles. The van der Waals surface area contributed by atoms with Crippen molar-refractivity contribution in [3.05, 3.63) is 58.6 Å². The van der Waals surface area contributed by atoms with Crippen molar-refractivity contribution in [2.45, 2.75) is 19.9 Å². The van der Waals surface area contributed by atoms with Crippen molar-refractivity contribution >= 4 is 35.1 Å². The second kappa shape index (κ2) is 9.75. The fraction of sp³-hybridized carbons (Fsp3) is 0.250. The van der Waals surface area contributed by atoms with E-state index < -0.39 is 30.4 Å². The number of hydrogen-bond acceptors (Lipinski definition) is 5. The lowest BCUT2D eigenvalue weighted by Crippen LogP contribution is -2.40. The molecule has 0 saturated heterocycles. The smallest absolute Gasteiger partial charge is 0.328 e. The Morgan fingerprint density at radius 1 is 1.14 bits per heavy atom. The zero-order chi connectivity index (χ0) is 20.7. The maximum absolute atomic E-state index is 12.2. The summed E-state index contributed by atoms with van der Waals surface area (Å²) in [6.45, 7) is 2.83. The molecule has 2 N–H and O–H groups in total. The Kier molecular flexibility index (Phi) is 7.40. The van der Waals surface area contributed by atoms with Crippen LogP contribution < -0.4 is 15.4 Å². The minimum absolute atomic E-state index is 0.358. The first kappa shape index (κ1) is 21.2. The zero-order valence-electron chi connectivity index (χ0n) is 15.7. The van der Waals surface area contributed by atoms with Gasteiger partial charge in [-0.25, -0.2) is 4.79 Å². The fourth-order valence-electron chi connectivity index (χ4n) is 2.35. The molecule has 0 aromatic heterocycles. The molecule has 0 spiro atoms. The summed E-state index contributed by atoms with van der Waals surface area (Å²) in [6, 6.07) is 10.8. The van der Waals surface area contributed by atoms with E-state index >= 15 is 0 Å². The van der Waals surface area contributed by atoms with Gasteiger partial charge in [-0.3, -0.25) is 9.59 Å². The average Bonchev–Trinajstić information content (AvgIpc) is 2.66. The molecule has 7 nitrogen and oxygen atoms in total. The number of nitrogens with one attached hydrogen (secondary N) is 2. The molecule has 0 radical (unpaired) electrons. The van der Waals surface area contributed by atoms with Crippen LogP contribution in [0.2, 0.25) is 5.02 Å². The van der Waals surface area contributed by atoms with Gasteiger partial charge in [-0.2, -0.15) is 0 Å². The number of benzene rings is 2. The minimum Gasteiger partial charge on any atom is -0.495 e. The van der Waals surface area contributed by atoms with Crippen LogP contribution in [-0.4, -0.2) is 37.5 Å². The topological polar surface area (TPSA) is 93.7 Å². The van der Waals surface area contributed by atoms with Gasteiger partial charge in [0.15, 0.2) is 6.61 Å². The van der Waals surface area contributed by atoms with Crippen LogP contribution in [0.25, 0.3) is 0 Å². The number of rotatable bonds is 7. The Morgan fingerprint density at radius 3 is 2.57 bits per heavy atom. The van der Waals surface area contributed by atoms with E-state index in [2.05, 4.69) is 10.6 Å². The quantitative estimate of drug-likeness (QED) is 0.692. The Bertz CT molecular complexity index is 885. The summed E-state index contributed by atoms with van der Waals surface area (Å²) in [5, 5.41) is 5.51. The largest absolute Gasteiger partial charge is 0.495 e. The van der Waals surface area contributed by atoms with Crippen molar-refractivity contribution in [1.82, 2.24) is 5.32 Å². The number of anilines is 1. The van der Waals surface area contributed by atoms with Crippen molar-refractivity contribution in [1.29, 1.82) is 0 Å². The van der Waals surface area contributed by atoms with Gasteiger partial charge in [0.05, 0.1) is 12.8 Å². The van der Waals surface area contributed by atoms with Crippen molar-refractivity contribution < 1.29 is 23.9 Å². The predicted molar refractivity (Wildman–Crippen MR) is 106 cm³/mol. The van der Waals surface area contributed by atoms with Crippen LogP contribution in [0, 0.1) is 6.92 Å². The first-order valence-corrected chi connectivity index (χ1v) is 8.85. The lowest BCUT2D eigenvalue weighted by molar-refractivity contribution is -0.148. The highest BCUT2D eigenvalue weighted by molar-refractivity contribution is 6.31. The molecular formula is C20H21ClN2O5. The van der Waals surface area contributed by atoms with Gasteiger partial charge in [0.1, 0.15) is 11.8 Å². The molecule has 8 heteroatoms. The molecule has 0 unspecified atom stereocenters. The van der Waals surface area contributed by atoms with Crippen molar-refractivity contribution in [2.75, 3.05) is 19.0 Å². The molecule has 0 fully saturated rings. The molecule has 2 rings (SSSR count). The predicted octanol–water partition coefficient (Wildman–Crippen LogP) is 2.96. The third kappa shape index (κ3) is 5.99. The van der Waals surface area contributed by atoms with E-state index in [1.54, 1.807) is 30.3 Å². The highest BCUT2D eigenvalue weighted by Crippen LogP contribution is 2.27. The van der Waals surface area contributed by atoms with Crippen LogP contribution >= 0.6 is 11.6 Å². The lowest BCUT2D eigenvalue weighted by Gasteiger charge is -2.14. The average molecular weight is 405 g/mol. The molecule has 2 amide bonds. The number of carbonyl (C=O) groups is 3. The second-order valence-corrected chi connectivity index (χ2v) is 6.50. The Labute approximate surface area is 168 Å². The highest BCUT2D eigenvalue weighted by Gasteiger charge is 2.19. The third-order valence-corrected chi connectivity index (χ3v) is 4.00. The van der Waals surface area contributed by atoms with Gasteiger partial charge in [-0.05, 0) is 44.2 Å². The number of amides is 2. The van der Waals surface area contributed by atoms with Crippen LogP contribution in [0.3, 0.4) is 0 Å². The molecule has 28 heavy (non-hydrogen) atoms. The van der Waals surface area contributed by atoms with E-state index in [0.29, 0.717) is 22.0 Å². The van der Waals surface area contributed by atoms with E-state index in [4.69, 9.17) is 21.1 Å². The molecule has 2 aromatic carbocycles. The molecule has 0 aliphatic carbocycles. The molecule has 0 bridgehead atoms. The number of halogens is 1. The summed E-state index contributed by atoms with van der Waals surface area (Å²) in [5.74, 6) is -1.27. The molecular weight excluding hydrogens is 384 g/mol. The standard InChI is InChI=1S/C20H21ClN2O5/c1-12-5-4-6-14(9-12)19(25)22-13(2)20(26)28-11-18(24)23-16-10-15(21)7-8-17(16)27-3/h4-10,13H,11H2,1-3H3,(H,22,25)(H,23,24)/t13-/m0/s1. The number of aryl methyl sites for hydroxylation is 1. The third-order valence-electron chi connectivity index (χ3n) is 3.76. The summed E-state index contributed by atoms with van der Waals surface area (Å²) in [7, 11) is 1.46. The van der Waals surface area contributed by atoms with Crippen LogP contribution in [0.5, 0.6) is 5.75 Å². The van der Waals surface area contributed by atoms with Crippen molar-refractivity contribution in [3.63, 3.8) is 0 Å². The molecule has 0 heterocycles. The Hall–Kier alpha value is -3.06. The van der Waals surface area contributed by atoms with Crippen LogP contribution in [0.4, 0.5) is 5.69 Å². The van der Waals surface area contributed by atoms with Gasteiger partial charge in [0.2, 0.25) is 0 Å². The summed E-state index contributed by atoms with van der Waals surface area (Å²) >= 11 is 5.90. The van der Waals surface area contributed by atoms with Crippen LogP contribution in [0.1, 0.15) is 22.8 Å². The summed E-state index contributed by atoms with van der Waals surface area (Å²) in [5.41, 5.74) is 1.72. The molecule has 0 saturated carbocycles. The summed E-state index contributed by atoms with van der Waals surface area (Å²) < 4.78 is 10.1. The molecule has 148 valence electrons. The Balaban J connectivity index is 1.86. The van der Waals surface area contributed by atoms with E-state index in [-0.39, 0.29) is 0 Å². The second-order valence-electron chi connectivity index (χ2n) is 6.07. The van der Waals surface area contributed by atoms with Gasteiger partial charge in [0.25, 0.3) is 11.8 Å². The monoisotopic (exact) mass is 404 g/mol. The Morgan fingerprint density at radius 2 is 1.89 bits per heavy atom. The number of methoxy groups -OCH3 is 1. The van der Waals surface area contributed by atoms with Gasteiger partial charge in [-0.15, -0.1) is 0 Å². The van der Waals surface area contributed by atoms with Gasteiger partial charge >= 0.3 is 5.97 Å². The number of carbonyl (C=O) groups excluding carboxylic acids is 3. The van der Waals surface area contributed by atoms with E-state index in [1.807, 2.05) is 13.0 Å². The first-order chi connectivity index (χ1) is 13.3. The lowest BCUT2D eigenvalue weighted by atomic mass is 10.1. The molecule has 0 aliphatic rings. The van der Waals surface area contributed by atoms with Crippen LogP contribution in [-0.2, 0) is 14.3 Å². The number of ether oxygens (including phenoxy) is 2. The van der Waals surface area contributed by atoms with E-state index in [9.17, 15) is 14.4 Å². The number of esters is 1. The molecule has 2 aromatic rings.